The van der Waals surface area contributed by atoms with Crippen molar-refractivity contribution in [2.24, 2.45) is 0 Å². The van der Waals surface area contributed by atoms with Gasteiger partial charge in [-0.1, -0.05) is 0 Å². The fourth-order valence-corrected chi connectivity index (χ4v) is 1.86. The molecule has 15 heavy (non-hydrogen) atoms. The summed E-state index contributed by atoms with van der Waals surface area (Å²) < 4.78 is 0.856. The summed E-state index contributed by atoms with van der Waals surface area (Å²) in [5, 5.41) is 6.53. The monoisotopic (exact) mass is 282 g/mol. The highest BCUT2D eigenvalue weighted by atomic mass is 79.9. The molecule has 0 saturated heterocycles. The molecule has 0 saturated carbocycles. The first kappa shape index (κ1) is 10.3. The smallest absolute Gasteiger partial charge is 0.274 e. The molecule has 2 heterocycles. The summed E-state index contributed by atoms with van der Waals surface area (Å²) in [5.74, 6) is -0.194. The van der Waals surface area contributed by atoms with Crippen LogP contribution in [0.25, 0.3) is 0 Å². The number of hydrogen-bond donors (Lipinski definition) is 1. The summed E-state index contributed by atoms with van der Waals surface area (Å²) in [6.07, 6.45) is 1.60. The van der Waals surface area contributed by atoms with Crippen LogP contribution in [0, 0.1) is 0 Å². The quantitative estimate of drug-likeness (QED) is 0.919. The van der Waals surface area contributed by atoms with Gasteiger partial charge in [-0.3, -0.25) is 4.79 Å². The van der Waals surface area contributed by atoms with E-state index in [0.29, 0.717) is 5.69 Å². The lowest BCUT2D eigenvalue weighted by molar-refractivity contribution is 0.102. The first-order chi connectivity index (χ1) is 7.25. The summed E-state index contributed by atoms with van der Waals surface area (Å²) in [4.78, 5) is 15.6. The SMILES string of the molecule is O=C(Nc1ccsc1)c1ccc(Br)cn1. The predicted molar refractivity (Wildman–Crippen MR) is 64.2 cm³/mol. The fraction of sp³-hybridized carbons (Fsp3) is 0. The first-order valence-electron chi connectivity index (χ1n) is 4.21. The lowest BCUT2D eigenvalue weighted by atomic mass is 10.3. The Balaban J connectivity index is 2.11. The van der Waals surface area contributed by atoms with Crippen LogP contribution in [0.4, 0.5) is 5.69 Å². The number of aromatic nitrogens is 1. The van der Waals surface area contributed by atoms with Crippen molar-refractivity contribution >= 4 is 38.9 Å². The third-order valence-electron chi connectivity index (χ3n) is 1.74. The number of nitrogens with one attached hydrogen (secondary N) is 1. The van der Waals surface area contributed by atoms with Gasteiger partial charge in [-0.15, -0.1) is 0 Å². The van der Waals surface area contributed by atoms with Gasteiger partial charge in [-0.2, -0.15) is 11.3 Å². The fourth-order valence-electron chi connectivity index (χ4n) is 1.04. The van der Waals surface area contributed by atoms with Crippen LogP contribution in [-0.4, -0.2) is 10.9 Å². The molecule has 76 valence electrons. The van der Waals surface area contributed by atoms with E-state index < -0.39 is 0 Å². The van der Waals surface area contributed by atoms with E-state index in [2.05, 4.69) is 26.2 Å². The number of carbonyl (C=O) groups is 1. The average Bonchev–Trinajstić information content (AvgIpc) is 2.71. The van der Waals surface area contributed by atoms with Gasteiger partial charge in [0.1, 0.15) is 5.69 Å². The molecule has 3 nitrogen and oxygen atoms in total. The molecule has 0 aliphatic heterocycles. The Labute approximate surface area is 99.3 Å². The number of pyridine rings is 1. The molecular weight excluding hydrogens is 276 g/mol. The zero-order chi connectivity index (χ0) is 10.7. The van der Waals surface area contributed by atoms with Crippen LogP contribution in [0.2, 0.25) is 0 Å². The van der Waals surface area contributed by atoms with Crippen molar-refractivity contribution in [3.05, 3.63) is 45.3 Å². The van der Waals surface area contributed by atoms with Crippen LogP contribution >= 0.6 is 27.3 Å². The van der Waals surface area contributed by atoms with Crippen LogP contribution in [-0.2, 0) is 0 Å². The van der Waals surface area contributed by atoms with Crippen molar-refractivity contribution in [3.8, 4) is 0 Å². The minimum Gasteiger partial charge on any atom is -0.320 e. The Hall–Kier alpha value is -1.20. The lowest BCUT2D eigenvalue weighted by Gasteiger charge is -2.01. The molecule has 0 fully saturated rings. The normalized spacial score (nSPS) is 9.93. The van der Waals surface area contributed by atoms with E-state index in [0.717, 1.165) is 10.2 Å². The van der Waals surface area contributed by atoms with Crippen molar-refractivity contribution in [1.82, 2.24) is 4.98 Å². The third-order valence-corrected chi connectivity index (χ3v) is 2.89. The highest BCUT2D eigenvalue weighted by Gasteiger charge is 2.06. The van der Waals surface area contributed by atoms with Gasteiger partial charge in [0.05, 0.1) is 5.69 Å². The Morgan fingerprint density at radius 2 is 2.27 bits per heavy atom. The molecule has 1 N–H and O–H groups in total. The number of rotatable bonds is 2. The van der Waals surface area contributed by atoms with Gasteiger partial charge in [0.25, 0.3) is 5.91 Å². The van der Waals surface area contributed by atoms with Crippen LogP contribution in [0.1, 0.15) is 10.5 Å². The van der Waals surface area contributed by atoms with Crippen molar-refractivity contribution in [2.75, 3.05) is 5.32 Å². The zero-order valence-corrected chi connectivity index (χ0v) is 10.0. The van der Waals surface area contributed by atoms with E-state index in [-0.39, 0.29) is 5.91 Å². The molecule has 1 amide bonds. The molecule has 0 radical (unpaired) electrons. The largest absolute Gasteiger partial charge is 0.320 e. The van der Waals surface area contributed by atoms with Gasteiger partial charge in [0.2, 0.25) is 0 Å². The standard InChI is InChI=1S/C10H7BrN2OS/c11-7-1-2-9(12-5-7)10(14)13-8-3-4-15-6-8/h1-6H,(H,13,14). The van der Waals surface area contributed by atoms with Gasteiger partial charge >= 0.3 is 0 Å². The molecule has 2 aromatic heterocycles. The van der Waals surface area contributed by atoms with Crippen LogP contribution in [0.15, 0.2) is 39.6 Å². The highest BCUT2D eigenvalue weighted by molar-refractivity contribution is 9.10. The summed E-state index contributed by atoms with van der Waals surface area (Å²) in [5.41, 5.74) is 1.21. The minimum absolute atomic E-state index is 0.194. The molecule has 2 aromatic rings. The van der Waals surface area contributed by atoms with E-state index in [1.54, 1.807) is 18.3 Å². The summed E-state index contributed by atoms with van der Waals surface area (Å²) in [6, 6.07) is 5.31. The average molecular weight is 283 g/mol. The molecule has 0 bridgehead atoms. The van der Waals surface area contributed by atoms with E-state index >= 15 is 0 Å². The number of nitrogens with zero attached hydrogens (tertiary/aromatic N) is 1. The van der Waals surface area contributed by atoms with Crippen LogP contribution in [0.3, 0.4) is 0 Å². The molecule has 2 rings (SSSR count). The number of amides is 1. The van der Waals surface area contributed by atoms with Gasteiger partial charge in [0, 0.05) is 16.0 Å². The molecule has 5 heteroatoms. The number of thiophene rings is 1. The molecule has 0 aromatic carbocycles. The Bertz CT molecular complexity index is 453. The van der Waals surface area contributed by atoms with E-state index in [1.165, 1.54) is 11.3 Å². The summed E-state index contributed by atoms with van der Waals surface area (Å²) in [6.45, 7) is 0. The minimum atomic E-state index is -0.194. The third kappa shape index (κ3) is 2.64. The van der Waals surface area contributed by atoms with Gasteiger partial charge < -0.3 is 5.32 Å². The molecular formula is C10H7BrN2OS. The van der Waals surface area contributed by atoms with Gasteiger partial charge in [-0.25, -0.2) is 4.98 Å². The second-order valence-electron chi connectivity index (χ2n) is 2.83. The maximum absolute atomic E-state index is 11.6. The maximum Gasteiger partial charge on any atom is 0.274 e. The number of anilines is 1. The van der Waals surface area contributed by atoms with Crippen LogP contribution < -0.4 is 5.32 Å². The zero-order valence-electron chi connectivity index (χ0n) is 7.61. The summed E-state index contributed by atoms with van der Waals surface area (Å²) >= 11 is 4.80. The topological polar surface area (TPSA) is 42.0 Å². The second-order valence-corrected chi connectivity index (χ2v) is 4.52. The highest BCUT2D eigenvalue weighted by Crippen LogP contribution is 2.13. The number of halogens is 1. The Morgan fingerprint density at radius 3 is 2.87 bits per heavy atom. The van der Waals surface area contributed by atoms with E-state index in [9.17, 15) is 4.79 Å². The Kier molecular flexibility index (Phi) is 3.13. The Morgan fingerprint density at radius 1 is 1.40 bits per heavy atom. The maximum atomic E-state index is 11.6. The van der Waals surface area contributed by atoms with Crippen molar-refractivity contribution in [1.29, 1.82) is 0 Å². The number of hydrogen-bond acceptors (Lipinski definition) is 3. The van der Waals surface area contributed by atoms with Crippen molar-refractivity contribution < 1.29 is 4.79 Å². The lowest BCUT2D eigenvalue weighted by Crippen LogP contribution is -2.12. The summed E-state index contributed by atoms with van der Waals surface area (Å²) in [7, 11) is 0. The van der Waals surface area contributed by atoms with Gasteiger partial charge in [-0.05, 0) is 39.5 Å². The first-order valence-corrected chi connectivity index (χ1v) is 5.94. The van der Waals surface area contributed by atoms with Crippen LogP contribution in [0.5, 0.6) is 0 Å². The molecule has 0 aliphatic carbocycles. The molecule has 0 aliphatic rings. The van der Waals surface area contributed by atoms with Crippen molar-refractivity contribution in [2.45, 2.75) is 0 Å². The van der Waals surface area contributed by atoms with E-state index in [4.69, 9.17) is 0 Å². The molecule has 0 spiro atoms. The second kappa shape index (κ2) is 4.55. The molecule has 0 atom stereocenters. The number of carbonyl (C=O) groups excluding carboxylic acids is 1. The van der Waals surface area contributed by atoms with E-state index in [1.807, 2.05) is 16.8 Å². The van der Waals surface area contributed by atoms with Gasteiger partial charge in [0.15, 0.2) is 0 Å². The molecule has 0 unspecified atom stereocenters. The van der Waals surface area contributed by atoms with Crippen molar-refractivity contribution in [3.63, 3.8) is 0 Å². The predicted octanol–water partition coefficient (Wildman–Crippen LogP) is 3.16.